The van der Waals surface area contributed by atoms with Gasteiger partial charge in [-0.3, -0.25) is 9.97 Å². The maximum Gasteiger partial charge on any atom is 0.0632 e. The SMILES string of the molecule is OCCCC(/C=C/c1ccccn1)=C\c1ccccn1. The summed E-state index contributed by atoms with van der Waals surface area (Å²) < 4.78 is 0. The Bertz CT molecular complexity index is 562. The van der Waals surface area contributed by atoms with Gasteiger partial charge < -0.3 is 5.11 Å². The highest BCUT2D eigenvalue weighted by molar-refractivity contribution is 5.58. The molecular weight excluding hydrogens is 248 g/mol. The van der Waals surface area contributed by atoms with Gasteiger partial charge in [-0.15, -0.1) is 0 Å². The molecule has 0 spiro atoms. The molecule has 2 heterocycles. The van der Waals surface area contributed by atoms with Crippen LogP contribution in [0.1, 0.15) is 24.2 Å². The lowest BCUT2D eigenvalue weighted by molar-refractivity contribution is 0.289. The van der Waals surface area contributed by atoms with Crippen LogP contribution in [0.2, 0.25) is 0 Å². The molecule has 0 unspecified atom stereocenters. The molecule has 0 saturated heterocycles. The smallest absolute Gasteiger partial charge is 0.0632 e. The number of hydrogen-bond donors (Lipinski definition) is 1. The molecule has 1 N–H and O–H groups in total. The molecule has 0 fully saturated rings. The van der Waals surface area contributed by atoms with Crippen molar-refractivity contribution in [3.8, 4) is 0 Å². The van der Waals surface area contributed by atoms with Crippen LogP contribution in [-0.2, 0) is 0 Å². The van der Waals surface area contributed by atoms with Crippen molar-refractivity contribution < 1.29 is 5.11 Å². The Kier molecular flexibility index (Phi) is 5.68. The maximum atomic E-state index is 8.99. The molecule has 0 amide bonds. The van der Waals surface area contributed by atoms with Crippen LogP contribution in [-0.4, -0.2) is 21.7 Å². The first-order valence-corrected chi connectivity index (χ1v) is 6.70. The van der Waals surface area contributed by atoms with Crippen molar-refractivity contribution in [2.75, 3.05) is 6.61 Å². The zero-order valence-corrected chi connectivity index (χ0v) is 11.3. The van der Waals surface area contributed by atoms with E-state index in [0.717, 1.165) is 29.8 Å². The number of nitrogens with zero attached hydrogens (tertiary/aromatic N) is 2. The minimum Gasteiger partial charge on any atom is -0.396 e. The van der Waals surface area contributed by atoms with E-state index in [0.29, 0.717) is 0 Å². The molecule has 0 atom stereocenters. The van der Waals surface area contributed by atoms with Crippen molar-refractivity contribution in [2.45, 2.75) is 12.8 Å². The predicted octanol–water partition coefficient (Wildman–Crippen LogP) is 3.35. The second-order valence-corrected chi connectivity index (χ2v) is 4.39. The molecule has 3 nitrogen and oxygen atoms in total. The Hall–Kier alpha value is -2.26. The second-order valence-electron chi connectivity index (χ2n) is 4.39. The number of aliphatic hydroxyl groups is 1. The van der Waals surface area contributed by atoms with E-state index in [1.165, 1.54) is 0 Å². The van der Waals surface area contributed by atoms with Gasteiger partial charge in [0.2, 0.25) is 0 Å². The van der Waals surface area contributed by atoms with Gasteiger partial charge in [-0.2, -0.15) is 0 Å². The van der Waals surface area contributed by atoms with Gasteiger partial charge in [0.25, 0.3) is 0 Å². The Morgan fingerprint density at radius 2 is 1.70 bits per heavy atom. The van der Waals surface area contributed by atoms with Gasteiger partial charge in [-0.05, 0) is 54.8 Å². The molecule has 2 rings (SSSR count). The Morgan fingerprint density at radius 1 is 1.00 bits per heavy atom. The number of pyridine rings is 2. The topological polar surface area (TPSA) is 46.0 Å². The second kappa shape index (κ2) is 8.02. The lowest BCUT2D eigenvalue weighted by atomic mass is 10.1. The lowest BCUT2D eigenvalue weighted by Gasteiger charge is -2.01. The van der Waals surface area contributed by atoms with Crippen LogP contribution in [0.25, 0.3) is 12.2 Å². The monoisotopic (exact) mass is 266 g/mol. The third-order valence-electron chi connectivity index (χ3n) is 2.80. The molecule has 0 aliphatic carbocycles. The highest BCUT2D eigenvalue weighted by atomic mass is 16.2. The molecule has 102 valence electrons. The van der Waals surface area contributed by atoms with Crippen LogP contribution in [0.5, 0.6) is 0 Å². The van der Waals surface area contributed by atoms with E-state index in [1.807, 2.05) is 54.6 Å². The Morgan fingerprint density at radius 3 is 2.30 bits per heavy atom. The highest BCUT2D eigenvalue weighted by Crippen LogP contribution is 2.13. The Labute approximate surface area is 119 Å². The molecule has 3 heteroatoms. The van der Waals surface area contributed by atoms with Crippen LogP contribution >= 0.6 is 0 Å². The van der Waals surface area contributed by atoms with Gasteiger partial charge in [0.1, 0.15) is 0 Å². The summed E-state index contributed by atoms with van der Waals surface area (Å²) in [6, 6.07) is 11.6. The molecule has 2 aromatic rings. The van der Waals surface area contributed by atoms with Crippen LogP contribution in [0.15, 0.2) is 60.4 Å². The zero-order valence-electron chi connectivity index (χ0n) is 11.3. The first kappa shape index (κ1) is 14.2. The van der Waals surface area contributed by atoms with Gasteiger partial charge in [0.05, 0.1) is 11.4 Å². The molecule has 0 aromatic carbocycles. The van der Waals surface area contributed by atoms with Crippen molar-refractivity contribution in [3.05, 3.63) is 71.8 Å². The van der Waals surface area contributed by atoms with E-state index in [-0.39, 0.29) is 6.61 Å². The summed E-state index contributed by atoms with van der Waals surface area (Å²) in [5.41, 5.74) is 2.97. The fourth-order valence-electron chi connectivity index (χ4n) is 1.81. The number of hydrogen-bond acceptors (Lipinski definition) is 3. The standard InChI is InChI=1S/C17H18N2O/c20-13-5-6-15(14-17-8-2-4-12-19-17)9-10-16-7-1-3-11-18-16/h1-4,7-12,14,20H,5-6,13H2/b10-9+,15-14+. The summed E-state index contributed by atoms with van der Waals surface area (Å²) in [5.74, 6) is 0. The van der Waals surface area contributed by atoms with Crippen LogP contribution in [0.3, 0.4) is 0 Å². The number of aromatic nitrogens is 2. The molecule has 2 aromatic heterocycles. The largest absolute Gasteiger partial charge is 0.396 e. The first-order valence-electron chi connectivity index (χ1n) is 6.70. The van der Waals surface area contributed by atoms with Gasteiger partial charge in [0.15, 0.2) is 0 Å². The predicted molar refractivity (Wildman–Crippen MR) is 81.8 cm³/mol. The average Bonchev–Trinajstić information content (AvgIpc) is 2.52. The summed E-state index contributed by atoms with van der Waals surface area (Å²) in [7, 11) is 0. The first-order chi connectivity index (χ1) is 9.88. The molecule has 0 aliphatic heterocycles. The normalized spacial score (nSPS) is 11.9. The Balaban J connectivity index is 2.15. The molecular formula is C17H18N2O. The van der Waals surface area contributed by atoms with E-state index in [1.54, 1.807) is 12.4 Å². The quantitative estimate of drug-likeness (QED) is 0.816. The van der Waals surface area contributed by atoms with Gasteiger partial charge in [-0.25, -0.2) is 0 Å². The number of allylic oxidation sites excluding steroid dienone is 2. The van der Waals surface area contributed by atoms with E-state index in [2.05, 4.69) is 9.97 Å². The molecule has 0 saturated carbocycles. The highest BCUT2D eigenvalue weighted by Gasteiger charge is 1.96. The van der Waals surface area contributed by atoms with Gasteiger partial charge in [-0.1, -0.05) is 18.2 Å². The van der Waals surface area contributed by atoms with Crippen molar-refractivity contribution in [1.82, 2.24) is 9.97 Å². The van der Waals surface area contributed by atoms with Crippen molar-refractivity contribution >= 4 is 12.2 Å². The van der Waals surface area contributed by atoms with Crippen LogP contribution < -0.4 is 0 Å². The summed E-state index contributed by atoms with van der Waals surface area (Å²) in [4.78, 5) is 8.55. The van der Waals surface area contributed by atoms with Crippen molar-refractivity contribution in [3.63, 3.8) is 0 Å². The summed E-state index contributed by atoms with van der Waals surface area (Å²) >= 11 is 0. The van der Waals surface area contributed by atoms with E-state index in [4.69, 9.17) is 5.11 Å². The molecule has 0 radical (unpaired) electrons. The maximum absolute atomic E-state index is 8.99. The van der Waals surface area contributed by atoms with E-state index < -0.39 is 0 Å². The summed E-state index contributed by atoms with van der Waals surface area (Å²) in [6.45, 7) is 0.191. The fourth-order valence-corrected chi connectivity index (χ4v) is 1.81. The third kappa shape index (κ3) is 4.78. The average molecular weight is 266 g/mol. The minimum absolute atomic E-state index is 0.191. The zero-order chi connectivity index (χ0) is 14.0. The van der Waals surface area contributed by atoms with Gasteiger partial charge in [0, 0.05) is 19.0 Å². The molecule has 0 aliphatic rings. The van der Waals surface area contributed by atoms with E-state index >= 15 is 0 Å². The van der Waals surface area contributed by atoms with Crippen molar-refractivity contribution in [2.24, 2.45) is 0 Å². The van der Waals surface area contributed by atoms with Crippen LogP contribution in [0.4, 0.5) is 0 Å². The summed E-state index contributed by atoms with van der Waals surface area (Å²) in [6.07, 6.45) is 11.2. The molecule has 0 bridgehead atoms. The molecule has 20 heavy (non-hydrogen) atoms. The van der Waals surface area contributed by atoms with Crippen LogP contribution in [0, 0.1) is 0 Å². The lowest BCUT2D eigenvalue weighted by Crippen LogP contribution is -1.87. The van der Waals surface area contributed by atoms with E-state index in [9.17, 15) is 0 Å². The number of aliphatic hydroxyl groups excluding tert-OH is 1. The van der Waals surface area contributed by atoms with Gasteiger partial charge >= 0.3 is 0 Å². The number of rotatable bonds is 6. The van der Waals surface area contributed by atoms with Crippen molar-refractivity contribution in [1.29, 1.82) is 0 Å². The summed E-state index contributed by atoms with van der Waals surface area (Å²) in [5, 5.41) is 8.99. The fraction of sp³-hybridized carbons (Fsp3) is 0.176. The minimum atomic E-state index is 0.191. The third-order valence-corrected chi connectivity index (χ3v) is 2.80.